The van der Waals surface area contributed by atoms with Gasteiger partial charge in [-0.25, -0.2) is 0 Å². The van der Waals surface area contributed by atoms with E-state index in [2.05, 4.69) is 4.99 Å². The largest absolute Gasteiger partial charge is 0.497 e. The molecule has 4 rings (SSSR count). The Morgan fingerprint density at radius 1 is 1.03 bits per heavy atom. The second-order valence-electron chi connectivity index (χ2n) is 7.76. The van der Waals surface area contributed by atoms with Gasteiger partial charge in [-0.1, -0.05) is 30.3 Å². The highest BCUT2D eigenvalue weighted by molar-refractivity contribution is 7.86. The van der Waals surface area contributed by atoms with E-state index in [1.807, 2.05) is 42.5 Å². The van der Waals surface area contributed by atoms with Gasteiger partial charge in [0.05, 0.1) is 20.0 Å². The van der Waals surface area contributed by atoms with Crippen molar-refractivity contribution in [1.82, 2.24) is 0 Å². The minimum Gasteiger partial charge on any atom is -0.497 e. The maximum Gasteiger partial charge on any atom is 0.264 e. The van der Waals surface area contributed by atoms with Crippen LogP contribution in [0.25, 0.3) is 0 Å². The Labute approximate surface area is 193 Å². The molecule has 3 unspecified atom stereocenters. The highest BCUT2D eigenvalue weighted by atomic mass is 32.2. The molecule has 6 atom stereocenters. The van der Waals surface area contributed by atoms with Gasteiger partial charge in [-0.2, -0.15) is 8.42 Å². The predicted octanol–water partition coefficient (Wildman–Crippen LogP) is 2.31. The van der Waals surface area contributed by atoms with Crippen molar-refractivity contribution >= 4 is 16.3 Å². The van der Waals surface area contributed by atoms with Gasteiger partial charge in [-0.05, 0) is 29.8 Å². The Hall–Kier alpha value is -2.34. The third-order valence-electron chi connectivity index (χ3n) is 5.41. The van der Waals surface area contributed by atoms with Crippen molar-refractivity contribution in [2.24, 2.45) is 4.99 Å². The predicted molar refractivity (Wildman–Crippen MR) is 120 cm³/mol. The highest BCUT2D eigenvalue weighted by Crippen LogP contribution is 2.37. The second kappa shape index (κ2) is 10.3. The van der Waals surface area contributed by atoms with E-state index in [1.54, 1.807) is 25.5 Å². The van der Waals surface area contributed by atoms with Gasteiger partial charge in [0.1, 0.15) is 30.1 Å². The molecule has 0 amide bonds. The normalized spacial score (nSPS) is 30.2. The molecule has 9 nitrogen and oxygen atoms in total. The zero-order valence-electron chi connectivity index (χ0n) is 18.6. The van der Waals surface area contributed by atoms with Crippen molar-refractivity contribution in [3.05, 3.63) is 65.7 Å². The molecular formula is C23H27NO8S. The number of nitrogens with zero attached hydrogens (tertiary/aromatic N) is 1. The van der Waals surface area contributed by atoms with Crippen LogP contribution in [-0.4, -0.2) is 72.4 Å². The summed E-state index contributed by atoms with van der Waals surface area (Å²) in [5, 5.41) is 0. The number of fused-ring (bicyclic) bond motifs is 1. The maximum absolute atomic E-state index is 12.2. The lowest BCUT2D eigenvalue weighted by Gasteiger charge is -2.47. The lowest BCUT2D eigenvalue weighted by atomic mass is 9.96. The smallest absolute Gasteiger partial charge is 0.264 e. The zero-order valence-corrected chi connectivity index (χ0v) is 19.4. The SMILES string of the molecule is COc1ccc(C=N[C@@H]2C(OC)OC3COC(c4ccccc4)O[C@@H]3[C@H]2OS(C)(=O)=O)cc1. The first kappa shape index (κ1) is 23.8. The summed E-state index contributed by atoms with van der Waals surface area (Å²) in [6, 6.07) is 15.9. The molecule has 2 aromatic rings. The average molecular weight is 478 g/mol. The molecule has 2 saturated heterocycles. The highest BCUT2D eigenvalue weighted by Gasteiger charge is 2.52. The first-order valence-electron chi connectivity index (χ1n) is 10.4. The molecule has 2 aliphatic heterocycles. The topological polar surface area (TPSA) is 102 Å². The number of methoxy groups -OCH3 is 2. The molecule has 0 aliphatic carbocycles. The molecule has 2 heterocycles. The van der Waals surface area contributed by atoms with Crippen LogP contribution in [0.3, 0.4) is 0 Å². The molecule has 0 aromatic heterocycles. The van der Waals surface area contributed by atoms with Crippen molar-refractivity contribution in [2.75, 3.05) is 27.1 Å². The number of benzene rings is 2. The van der Waals surface area contributed by atoms with Crippen LogP contribution in [-0.2, 0) is 33.2 Å². The molecule has 0 radical (unpaired) electrons. The van der Waals surface area contributed by atoms with Crippen molar-refractivity contribution < 1.29 is 36.3 Å². The Morgan fingerprint density at radius 3 is 2.39 bits per heavy atom. The molecule has 0 bridgehead atoms. The summed E-state index contributed by atoms with van der Waals surface area (Å²) in [4.78, 5) is 4.59. The van der Waals surface area contributed by atoms with Crippen LogP contribution in [0.5, 0.6) is 5.75 Å². The van der Waals surface area contributed by atoms with Crippen LogP contribution in [0.1, 0.15) is 17.4 Å². The molecule has 10 heteroatoms. The third-order valence-corrected chi connectivity index (χ3v) is 5.98. The first-order valence-corrected chi connectivity index (χ1v) is 12.3. The Bertz CT molecular complexity index is 1040. The molecular weight excluding hydrogens is 450 g/mol. The summed E-state index contributed by atoms with van der Waals surface area (Å²) < 4.78 is 58.5. The van der Waals surface area contributed by atoms with Crippen LogP contribution in [0, 0.1) is 0 Å². The maximum atomic E-state index is 12.2. The molecule has 2 aliphatic rings. The zero-order chi connectivity index (χ0) is 23.4. The minimum atomic E-state index is -3.84. The van der Waals surface area contributed by atoms with Crippen LogP contribution in [0.15, 0.2) is 59.6 Å². The summed E-state index contributed by atoms with van der Waals surface area (Å²) in [5.41, 5.74) is 1.60. The fraction of sp³-hybridized carbons (Fsp3) is 0.435. The van der Waals surface area contributed by atoms with Gasteiger partial charge < -0.3 is 23.7 Å². The first-order chi connectivity index (χ1) is 15.9. The monoisotopic (exact) mass is 477 g/mol. The summed E-state index contributed by atoms with van der Waals surface area (Å²) in [6.07, 6.45) is -1.24. The van der Waals surface area contributed by atoms with Gasteiger partial charge in [-0.3, -0.25) is 9.18 Å². The van der Waals surface area contributed by atoms with Crippen LogP contribution in [0.2, 0.25) is 0 Å². The number of hydrogen-bond donors (Lipinski definition) is 0. The fourth-order valence-corrected chi connectivity index (χ4v) is 4.49. The number of ether oxygens (including phenoxy) is 5. The van der Waals surface area contributed by atoms with Gasteiger partial charge in [0.25, 0.3) is 10.1 Å². The second-order valence-corrected chi connectivity index (χ2v) is 9.36. The summed E-state index contributed by atoms with van der Waals surface area (Å²) in [5.74, 6) is 0.714. The van der Waals surface area contributed by atoms with E-state index in [0.717, 1.165) is 17.4 Å². The van der Waals surface area contributed by atoms with Crippen molar-refractivity contribution in [1.29, 1.82) is 0 Å². The summed E-state index contributed by atoms with van der Waals surface area (Å²) >= 11 is 0. The molecule has 2 aromatic carbocycles. The van der Waals surface area contributed by atoms with E-state index in [9.17, 15) is 8.42 Å². The number of hydrogen-bond acceptors (Lipinski definition) is 9. The quantitative estimate of drug-likeness (QED) is 0.442. The van der Waals surface area contributed by atoms with Crippen molar-refractivity contribution in [3.63, 3.8) is 0 Å². The third kappa shape index (κ3) is 5.78. The van der Waals surface area contributed by atoms with Gasteiger partial charge in [0.15, 0.2) is 12.6 Å². The summed E-state index contributed by atoms with van der Waals surface area (Å²) in [7, 11) is -0.778. The Morgan fingerprint density at radius 2 is 1.76 bits per heavy atom. The molecule has 0 N–H and O–H groups in total. The van der Waals surface area contributed by atoms with E-state index < -0.39 is 47.1 Å². The standard InChI is InChI=1S/C23H27NO8S/c1-27-17-11-9-15(10-12-17)13-24-19-21(32-33(3,25)26)20-18(30-23(19)28-2)14-29-22(31-20)16-7-5-4-6-8-16/h4-13,18-23H,14H2,1-3H3/t18?,19-,20-,21-,22?,23?/m0/s1. The summed E-state index contributed by atoms with van der Waals surface area (Å²) in [6.45, 7) is 0.183. The van der Waals surface area contributed by atoms with E-state index in [-0.39, 0.29) is 6.61 Å². The van der Waals surface area contributed by atoms with Crippen LogP contribution >= 0.6 is 0 Å². The molecule has 0 saturated carbocycles. The van der Waals surface area contributed by atoms with Crippen molar-refractivity contribution in [2.45, 2.75) is 36.9 Å². The lowest BCUT2D eigenvalue weighted by Crippen LogP contribution is -2.62. The number of rotatable bonds is 7. The molecule has 2 fully saturated rings. The van der Waals surface area contributed by atoms with E-state index >= 15 is 0 Å². The molecule has 0 spiro atoms. The van der Waals surface area contributed by atoms with Gasteiger partial charge in [0.2, 0.25) is 0 Å². The van der Waals surface area contributed by atoms with Gasteiger partial charge >= 0.3 is 0 Å². The fourth-order valence-electron chi connectivity index (χ4n) is 3.87. The van der Waals surface area contributed by atoms with E-state index in [1.165, 1.54) is 7.11 Å². The van der Waals surface area contributed by atoms with Crippen LogP contribution < -0.4 is 4.74 Å². The Kier molecular flexibility index (Phi) is 7.42. The lowest BCUT2D eigenvalue weighted by molar-refractivity contribution is -0.335. The van der Waals surface area contributed by atoms with Gasteiger partial charge in [-0.15, -0.1) is 0 Å². The van der Waals surface area contributed by atoms with Gasteiger partial charge in [0, 0.05) is 18.9 Å². The average Bonchev–Trinajstić information content (AvgIpc) is 2.83. The van der Waals surface area contributed by atoms with Crippen LogP contribution in [0.4, 0.5) is 0 Å². The molecule has 33 heavy (non-hydrogen) atoms. The minimum absolute atomic E-state index is 0.183. The van der Waals surface area contributed by atoms with E-state index in [4.69, 9.17) is 27.9 Å². The Balaban J connectivity index is 1.63. The van der Waals surface area contributed by atoms with Crippen molar-refractivity contribution in [3.8, 4) is 5.75 Å². The number of aliphatic imine (C=N–C) groups is 1. The molecule has 178 valence electrons. The van der Waals surface area contributed by atoms with E-state index in [0.29, 0.717) is 5.75 Å².